The van der Waals surface area contributed by atoms with E-state index in [0.717, 1.165) is 40.7 Å². The molecule has 0 aliphatic rings. The minimum absolute atomic E-state index is 0.166. The van der Waals surface area contributed by atoms with Crippen LogP contribution in [-0.4, -0.2) is 44.5 Å². The summed E-state index contributed by atoms with van der Waals surface area (Å²) < 4.78 is 1.80. The fourth-order valence-electron chi connectivity index (χ4n) is 2.68. The normalized spacial score (nSPS) is 11.0. The average Bonchev–Trinajstić information content (AvgIpc) is 3.09. The van der Waals surface area contributed by atoms with Crippen molar-refractivity contribution in [3.8, 4) is 0 Å². The third-order valence-electron chi connectivity index (χ3n) is 3.99. The monoisotopic (exact) mass is 418 g/mol. The van der Waals surface area contributed by atoms with E-state index in [4.69, 9.17) is 11.6 Å². The predicted octanol–water partition coefficient (Wildman–Crippen LogP) is 3.84. The van der Waals surface area contributed by atoms with Crippen molar-refractivity contribution in [2.24, 2.45) is 0 Å². The summed E-state index contributed by atoms with van der Waals surface area (Å²) in [5, 5.41) is 12.8. The van der Waals surface area contributed by atoms with Crippen LogP contribution in [0.2, 0.25) is 5.02 Å². The van der Waals surface area contributed by atoms with Gasteiger partial charge in [0.1, 0.15) is 5.82 Å². The predicted molar refractivity (Wildman–Crippen MR) is 114 cm³/mol. The summed E-state index contributed by atoms with van der Waals surface area (Å²) in [5.74, 6) is 1.53. The number of hydrogen-bond acceptors (Lipinski definition) is 6. The fraction of sp³-hybridized carbons (Fsp3) is 0.368. The highest BCUT2D eigenvalue weighted by atomic mass is 35.5. The maximum absolute atomic E-state index is 12.3. The number of benzene rings is 1. The van der Waals surface area contributed by atoms with Gasteiger partial charge in [-0.3, -0.25) is 4.79 Å². The van der Waals surface area contributed by atoms with E-state index < -0.39 is 0 Å². The summed E-state index contributed by atoms with van der Waals surface area (Å²) >= 11 is 7.54. The molecule has 0 bridgehead atoms. The number of hydrogen-bond donors (Lipinski definition) is 2. The van der Waals surface area contributed by atoms with E-state index >= 15 is 0 Å². The Bertz CT molecular complexity index is 961. The van der Waals surface area contributed by atoms with Crippen molar-refractivity contribution >= 4 is 46.1 Å². The van der Waals surface area contributed by atoms with Gasteiger partial charge >= 0.3 is 0 Å². The first-order chi connectivity index (χ1) is 13.6. The number of thioether (sulfide) groups is 1. The SMILES string of the molecule is CCCNc1nc(SCC)nc2c1cnn2CCNC(=O)c1cccc(Cl)c1. The van der Waals surface area contributed by atoms with E-state index in [2.05, 4.69) is 39.5 Å². The van der Waals surface area contributed by atoms with Crippen molar-refractivity contribution in [3.05, 3.63) is 41.0 Å². The van der Waals surface area contributed by atoms with Crippen LogP contribution >= 0.6 is 23.4 Å². The number of carbonyl (C=O) groups is 1. The summed E-state index contributed by atoms with van der Waals surface area (Å²) in [6, 6.07) is 6.88. The third kappa shape index (κ3) is 4.94. The van der Waals surface area contributed by atoms with Crippen molar-refractivity contribution < 1.29 is 4.79 Å². The molecule has 0 atom stereocenters. The van der Waals surface area contributed by atoms with E-state index in [1.807, 2.05) is 0 Å². The van der Waals surface area contributed by atoms with E-state index in [9.17, 15) is 4.79 Å². The van der Waals surface area contributed by atoms with Crippen LogP contribution in [0.1, 0.15) is 30.6 Å². The zero-order chi connectivity index (χ0) is 19.9. The highest BCUT2D eigenvalue weighted by Gasteiger charge is 2.13. The quantitative estimate of drug-likeness (QED) is 0.405. The van der Waals surface area contributed by atoms with Gasteiger partial charge in [-0.2, -0.15) is 5.10 Å². The number of fused-ring (bicyclic) bond motifs is 1. The van der Waals surface area contributed by atoms with E-state index in [1.165, 1.54) is 0 Å². The highest BCUT2D eigenvalue weighted by Crippen LogP contribution is 2.24. The number of amides is 1. The molecule has 0 saturated carbocycles. The van der Waals surface area contributed by atoms with Gasteiger partial charge in [0, 0.05) is 23.7 Å². The molecule has 0 saturated heterocycles. The second-order valence-corrected chi connectivity index (χ2v) is 7.75. The van der Waals surface area contributed by atoms with Crippen molar-refractivity contribution in [3.63, 3.8) is 0 Å². The summed E-state index contributed by atoms with van der Waals surface area (Å²) in [7, 11) is 0. The fourth-order valence-corrected chi connectivity index (χ4v) is 3.43. The average molecular weight is 419 g/mol. The molecule has 1 aromatic carbocycles. The molecular formula is C19H23ClN6OS. The molecule has 2 aromatic heterocycles. The van der Waals surface area contributed by atoms with E-state index in [0.29, 0.717) is 23.7 Å². The summed E-state index contributed by atoms with van der Waals surface area (Å²) in [5.41, 5.74) is 1.30. The molecule has 0 aliphatic carbocycles. The number of rotatable bonds is 9. The van der Waals surface area contributed by atoms with Gasteiger partial charge < -0.3 is 10.6 Å². The Kier molecular flexibility index (Phi) is 7.11. The number of halogens is 1. The molecule has 7 nitrogen and oxygen atoms in total. The molecule has 1 amide bonds. The summed E-state index contributed by atoms with van der Waals surface area (Å²) in [6.07, 6.45) is 2.78. The number of nitrogens with one attached hydrogen (secondary N) is 2. The van der Waals surface area contributed by atoms with Crippen LogP contribution < -0.4 is 10.6 Å². The number of carbonyl (C=O) groups excluding carboxylic acids is 1. The van der Waals surface area contributed by atoms with Crippen LogP contribution in [0.25, 0.3) is 11.0 Å². The Labute approximate surface area is 173 Å². The van der Waals surface area contributed by atoms with Gasteiger partial charge in [0.15, 0.2) is 10.8 Å². The van der Waals surface area contributed by atoms with Crippen molar-refractivity contribution in [2.75, 3.05) is 24.2 Å². The molecule has 0 fully saturated rings. The first-order valence-corrected chi connectivity index (χ1v) is 10.6. The third-order valence-corrected chi connectivity index (χ3v) is 4.95. The van der Waals surface area contributed by atoms with Crippen LogP contribution in [-0.2, 0) is 6.54 Å². The first-order valence-electron chi connectivity index (χ1n) is 9.26. The van der Waals surface area contributed by atoms with E-state index in [-0.39, 0.29) is 5.91 Å². The van der Waals surface area contributed by atoms with Crippen LogP contribution in [0.15, 0.2) is 35.6 Å². The Morgan fingerprint density at radius 2 is 2.11 bits per heavy atom. The summed E-state index contributed by atoms with van der Waals surface area (Å²) in [6.45, 7) is 5.96. The molecule has 0 unspecified atom stereocenters. The number of anilines is 1. The van der Waals surface area contributed by atoms with Gasteiger partial charge in [-0.05, 0) is 30.4 Å². The van der Waals surface area contributed by atoms with Gasteiger partial charge in [0.05, 0.1) is 18.1 Å². The lowest BCUT2D eigenvalue weighted by atomic mass is 10.2. The van der Waals surface area contributed by atoms with Gasteiger partial charge in [-0.25, -0.2) is 14.6 Å². The second kappa shape index (κ2) is 9.75. The number of aromatic nitrogens is 4. The Morgan fingerprint density at radius 3 is 2.86 bits per heavy atom. The topological polar surface area (TPSA) is 84.7 Å². The molecule has 9 heteroatoms. The zero-order valence-electron chi connectivity index (χ0n) is 15.9. The maximum atomic E-state index is 12.3. The molecule has 0 aliphatic heterocycles. The standard InChI is InChI=1S/C19H23ClN6OS/c1-3-8-21-16-15-12-23-26(17(15)25-19(24-16)28-4-2)10-9-22-18(27)13-6-5-7-14(20)11-13/h5-7,11-12H,3-4,8-10H2,1-2H3,(H,22,27)(H,21,24,25). The first kappa shape index (κ1) is 20.4. The molecule has 28 heavy (non-hydrogen) atoms. The summed E-state index contributed by atoms with van der Waals surface area (Å²) in [4.78, 5) is 21.5. The molecule has 3 aromatic rings. The lowest BCUT2D eigenvalue weighted by molar-refractivity contribution is 0.0952. The largest absolute Gasteiger partial charge is 0.369 e. The molecule has 0 spiro atoms. The Hall–Kier alpha value is -2.32. The lowest BCUT2D eigenvalue weighted by Gasteiger charge is -2.09. The molecular weight excluding hydrogens is 396 g/mol. The highest BCUT2D eigenvalue weighted by molar-refractivity contribution is 7.99. The van der Waals surface area contributed by atoms with E-state index in [1.54, 1.807) is 46.9 Å². The van der Waals surface area contributed by atoms with Crippen LogP contribution in [0, 0.1) is 0 Å². The smallest absolute Gasteiger partial charge is 0.251 e. The van der Waals surface area contributed by atoms with Crippen LogP contribution in [0.3, 0.4) is 0 Å². The van der Waals surface area contributed by atoms with Crippen molar-refractivity contribution in [1.29, 1.82) is 0 Å². The maximum Gasteiger partial charge on any atom is 0.251 e. The van der Waals surface area contributed by atoms with Crippen LogP contribution in [0.5, 0.6) is 0 Å². The minimum atomic E-state index is -0.166. The van der Waals surface area contributed by atoms with Gasteiger partial charge in [-0.1, -0.05) is 43.3 Å². The zero-order valence-corrected chi connectivity index (χ0v) is 17.5. The van der Waals surface area contributed by atoms with Crippen molar-refractivity contribution in [2.45, 2.75) is 32.0 Å². The second-order valence-electron chi connectivity index (χ2n) is 6.09. The lowest BCUT2D eigenvalue weighted by Crippen LogP contribution is -2.27. The Balaban J connectivity index is 1.73. The molecule has 148 valence electrons. The minimum Gasteiger partial charge on any atom is -0.369 e. The van der Waals surface area contributed by atoms with Gasteiger partial charge in [0.2, 0.25) is 0 Å². The molecule has 2 N–H and O–H groups in total. The molecule has 2 heterocycles. The van der Waals surface area contributed by atoms with Gasteiger partial charge in [0.25, 0.3) is 5.91 Å². The van der Waals surface area contributed by atoms with Gasteiger partial charge in [-0.15, -0.1) is 0 Å². The van der Waals surface area contributed by atoms with Crippen LogP contribution in [0.4, 0.5) is 5.82 Å². The Morgan fingerprint density at radius 1 is 1.25 bits per heavy atom. The molecule has 0 radical (unpaired) electrons. The number of nitrogens with zero attached hydrogens (tertiary/aromatic N) is 4. The van der Waals surface area contributed by atoms with Crippen molar-refractivity contribution in [1.82, 2.24) is 25.1 Å². The molecule has 3 rings (SSSR count).